The second-order valence-corrected chi connectivity index (χ2v) is 7.79. The highest BCUT2D eigenvalue weighted by Gasteiger charge is 2.14. The number of nitrogens with one attached hydrogen (secondary N) is 2. The minimum absolute atomic E-state index is 0.120. The lowest BCUT2D eigenvalue weighted by Crippen LogP contribution is -2.19. The summed E-state index contributed by atoms with van der Waals surface area (Å²) in [5.41, 5.74) is 2.17. The van der Waals surface area contributed by atoms with Crippen LogP contribution in [0.25, 0.3) is 5.78 Å². The molecular weight excluding hydrogens is 398 g/mol. The van der Waals surface area contributed by atoms with Gasteiger partial charge in [0.1, 0.15) is 5.69 Å². The van der Waals surface area contributed by atoms with Gasteiger partial charge in [-0.15, -0.1) is 21.5 Å². The van der Waals surface area contributed by atoms with Crippen molar-refractivity contribution in [2.45, 2.75) is 18.5 Å². The number of anilines is 1. The van der Waals surface area contributed by atoms with Crippen LogP contribution in [0.4, 0.5) is 5.13 Å². The third kappa shape index (κ3) is 4.10. The Morgan fingerprint density at radius 1 is 1.29 bits per heavy atom. The van der Waals surface area contributed by atoms with Crippen molar-refractivity contribution in [2.75, 3.05) is 11.1 Å². The molecule has 0 saturated heterocycles. The molecule has 0 fully saturated rings. The van der Waals surface area contributed by atoms with Gasteiger partial charge in [-0.05, 0) is 12.5 Å². The largest absolute Gasteiger partial charge is 0.301 e. The summed E-state index contributed by atoms with van der Waals surface area (Å²) in [6.07, 6.45) is 2.01. The van der Waals surface area contributed by atoms with Gasteiger partial charge in [0.2, 0.25) is 11.1 Å². The Hall–Kier alpha value is -3.05. The smallest absolute Gasteiger partial charge is 0.274 e. The Bertz CT molecular complexity index is 1170. The number of aromatic nitrogens is 6. The van der Waals surface area contributed by atoms with Crippen LogP contribution in [0.3, 0.4) is 0 Å². The number of carbonyl (C=O) groups is 1. The maximum absolute atomic E-state index is 12.3. The van der Waals surface area contributed by atoms with Gasteiger partial charge in [-0.2, -0.15) is 9.61 Å². The molecule has 0 atom stereocenters. The van der Waals surface area contributed by atoms with E-state index < -0.39 is 0 Å². The van der Waals surface area contributed by atoms with Gasteiger partial charge in [-0.3, -0.25) is 14.6 Å². The number of aryl methyl sites for hydroxylation is 1. The normalized spacial score (nSPS) is 11.0. The van der Waals surface area contributed by atoms with Crippen molar-refractivity contribution >= 4 is 39.9 Å². The Labute approximate surface area is 167 Å². The van der Waals surface area contributed by atoms with Gasteiger partial charge >= 0.3 is 0 Å². The van der Waals surface area contributed by atoms with Crippen LogP contribution in [0.2, 0.25) is 0 Å². The maximum atomic E-state index is 12.3. The molecule has 0 aliphatic heterocycles. The quantitative estimate of drug-likeness (QED) is 0.464. The first-order valence-corrected chi connectivity index (χ1v) is 10.2. The van der Waals surface area contributed by atoms with E-state index in [0.717, 1.165) is 11.1 Å². The number of fused-ring (bicyclic) bond motifs is 1. The molecule has 142 valence electrons. The fourth-order valence-corrected chi connectivity index (χ4v) is 3.67. The van der Waals surface area contributed by atoms with E-state index >= 15 is 0 Å². The first-order valence-electron chi connectivity index (χ1n) is 8.31. The summed E-state index contributed by atoms with van der Waals surface area (Å²) in [5, 5.41) is 17.8. The van der Waals surface area contributed by atoms with E-state index in [2.05, 4.69) is 30.6 Å². The van der Waals surface area contributed by atoms with E-state index in [1.54, 1.807) is 11.6 Å². The number of aromatic amines is 1. The summed E-state index contributed by atoms with van der Waals surface area (Å²) >= 11 is 2.52. The number of hydrogen-bond donors (Lipinski definition) is 2. The molecule has 4 rings (SSSR count). The summed E-state index contributed by atoms with van der Waals surface area (Å²) in [5.74, 6) is 0.149. The molecule has 0 bridgehead atoms. The zero-order valence-electron chi connectivity index (χ0n) is 14.7. The number of thiazole rings is 1. The lowest BCUT2D eigenvalue weighted by atomic mass is 10.1. The van der Waals surface area contributed by atoms with Crippen LogP contribution < -0.4 is 10.9 Å². The van der Waals surface area contributed by atoms with Gasteiger partial charge in [0, 0.05) is 18.0 Å². The minimum atomic E-state index is -0.307. The highest BCUT2D eigenvalue weighted by Crippen LogP contribution is 2.17. The van der Waals surface area contributed by atoms with Crippen molar-refractivity contribution in [1.82, 2.24) is 29.8 Å². The van der Waals surface area contributed by atoms with E-state index in [4.69, 9.17) is 0 Å². The minimum Gasteiger partial charge on any atom is -0.301 e. The highest BCUT2D eigenvalue weighted by atomic mass is 32.2. The molecule has 0 unspecified atom stereocenters. The fourth-order valence-electron chi connectivity index (χ4n) is 2.45. The number of benzene rings is 1. The Morgan fingerprint density at radius 3 is 2.86 bits per heavy atom. The molecule has 11 heteroatoms. The monoisotopic (exact) mass is 413 g/mol. The summed E-state index contributed by atoms with van der Waals surface area (Å²) in [6.45, 7) is 2.01. The van der Waals surface area contributed by atoms with Crippen LogP contribution in [0, 0.1) is 6.92 Å². The molecule has 0 radical (unpaired) electrons. The molecule has 0 saturated carbocycles. The van der Waals surface area contributed by atoms with Gasteiger partial charge in [0.05, 0.1) is 5.75 Å². The molecule has 0 spiro atoms. The number of thioether (sulfide) groups is 1. The molecule has 0 aliphatic carbocycles. The average Bonchev–Trinajstić information content (AvgIpc) is 3.32. The fraction of sp³-hybridized carbons (Fsp3) is 0.176. The van der Waals surface area contributed by atoms with Crippen molar-refractivity contribution < 1.29 is 4.79 Å². The molecule has 1 aromatic carbocycles. The molecule has 0 aliphatic rings. The van der Waals surface area contributed by atoms with Gasteiger partial charge < -0.3 is 5.32 Å². The summed E-state index contributed by atoms with van der Waals surface area (Å²) in [7, 11) is 0. The Kier molecular flexibility index (Phi) is 5.17. The predicted molar refractivity (Wildman–Crippen MR) is 107 cm³/mol. The third-order valence-corrected chi connectivity index (χ3v) is 5.43. The van der Waals surface area contributed by atoms with Crippen LogP contribution >= 0.6 is 23.1 Å². The number of carbonyl (C=O) groups excluding carboxylic acids is 1. The Morgan fingerprint density at radius 2 is 2.11 bits per heavy atom. The standard InChI is InChI=1S/C17H15N7O2S2/c1-10-2-4-11(5-3-10)8-12-14(26)20-15-21-22-17(24(15)23-12)28-9-13(25)19-16-18-6-7-27-16/h2-7H,8-9H2,1H3,(H,18,19,25)(H,20,21,26). The van der Waals surface area contributed by atoms with Gasteiger partial charge in [0.25, 0.3) is 11.3 Å². The number of nitrogens with zero attached hydrogens (tertiary/aromatic N) is 5. The number of amides is 1. The van der Waals surface area contributed by atoms with Crippen molar-refractivity contribution in [3.05, 3.63) is 63.0 Å². The van der Waals surface area contributed by atoms with E-state index in [0.29, 0.717) is 22.4 Å². The van der Waals surface area contributed by atoms with Crippen LogP contribution in [-0.2, 0) is 11.2 Å². The number of rotatable bonds is 6. The zero-order valence-corrected chi connectivity index (χ0v) is 16.4. The molecule has 3 aromatic heterocycles. The molecule has 1 amide bonds. The van der Waals surface area contributed by atoms with Crippen LogP contribution in [0.5, 0.6) is 0 Å². The number of H-pyrrole nitrogens is 1. The molecule has 3 heterocycles. The van der Waals surface area contributed by atoms with Gasteiger partial charge in [-0.25, -0.2) is 4.98 Å². The summed E-state index contributed by atoms with van der Waals surface area (Å²) in [6, 6.07) is 7.91. The first-order chi connectivity index (χ1) is 13.6. The summed E-state index contributed by atoms with van der Waals surface area (Å²) < 4.78 is 1.45. The van der Waals surface area contributed by atoms with Gasteiger partial charge in [0.15, 0.2) is 5.13 Å². The Balaban J connectivity index is 1.52. The zero-order chi connectivity index (χ0) is 19.5. The molecule has 9 nitrogen and oxygen atoms in total. The van der Waals surface area contributed by atoms with Crippen LogP contribution in [0.15, 0.2) is 45.8 Å². The molecular formula is C17H15N7O2S2. The molecule has 2 N–H and O–H groups in total. The van der Waals surface area contributed by atoms with Crippen molar-refractivity contribution in [3.8, 4) is 0 Å². The van der Waals surface area contributed by atoms with E-state index in [1.165, 1.54) is 27.6 Å². The second kappa shape index (κ2) is 7.90. The van der Waals surface area contributed by atoms with Gasteiger partial charge in [-0.1, -0.05) is 41.6 Å². The molecule has 28 heavy (non-hydrogen) atoms. The second-order valence-electron chi connectivity index (χ2n) is 5.96. The van der Waals surface area contributed by atoms with E-state index in [-0.39, 0.29) is 23.0 Å². The summed E-state index contributed by atoms with van der Waals surface area (Å²) in [4.78, 5) is 31.0. The maximum Gasteiger partial charge on any atom is 0.274 e. The van der Waals surface area contributed by atoms with E-state index in [1.807, 2.05) is 31.2 Å². The average molecular weight is 413 g/mol. The van der Waals surface area contributed by atoms with Crippen LogP contribution in [-0.4, -0.2) is 41.4 Å². The predicted octanol–water partition coefficient (Wildman–Crippen LogP) is 1.90. The lowest BCUT2D eigenvalue weighted by molar-refractivity contribution is -0.113. The van der Waals surface area contributed by atoms with E-state index in [9.17, 15) is 9.59 Å². The van der Waals surface area contributed by atoms with Crippen molar-refractivity contribution in [3.63, 3.8) is 0 Å². The lowest BCUT2D eigenvalue weighted by Gasteiger charge is -2.03. The third-order valence-electron chi connectivity index (χ3n) is 3.82. The topological polar surface area (TPSA) is 118 Å². The number of hydrogen-bond acceptors (Lipinski definition) is 8. The van der Waals surface area contributed by atoms with Crippen molar-refractivity contribution in [2.24, 2.45) is 0 Å². The first kappa shape index (κ1) is 18.3. The van der Waals surface area contributed by atoms with Crippen molar-refractivity contribution in [1.29, 1.82) is 0 Å². The van der Waals surface area contributed by atoms with Crippen LogP contribution in [0.1, 0.15) is 16.8 Å². The molecule has 4 aromatic rings. The highest BCUT2D eigenvalue weighted by molar-refractivity contribution is 7.99. The SMILES string of the molecule is Cc1ccc(Cc2nn3c(SCC(=O)Nc4nccs4)nnc3[nH]c2=O)cc1.